The number of pyridine rings is 1. The van der Waals surface area contributed by atoms with Crippen molar-refractivity contribution < 1.29 is 14.3 Å². The fourth-order valence-corrected chi connectivity index (χ4v) is 4.59. The molecule has 0 spiro atoms. The van der Waals surface area contributed by atoms with Gasteiger partial charge in [0.05, 0.1) is 28.8 Å². The molecular weight excluding hydrogens is 403 g/mol. The van der Waals surface area contributed by atoms with Crippen molar-refractivity contribution in [2.24, 2.45) is 0 Å². The summed E-state index contributed by atoms with van der Waals surface area (Å²) in [4.78, 5) is 23.1. The standard InChI is InChI=1S/C22H23FN4O2S/c1-15-25-17(14-30-15)12-20(29)26-22(16-6-3-2-4-7-16)9-11-27(13-19(22)28)21-18(23)8-5-10-24-21/h2-8,10,14,19,28H,9,11-13H2,1H3,(H,26,29)/t19-,22+/m1/s1. The number of thiazole rings is 1. The summed E-state index contributed by atoms with van der Waals surface area (Å²) in [5.41, 5.74) is 0.563. The van der Waals surface area contributed by atoms with Gasteiger partial charge in [0.25, 0.3) is 0 Å². The summed E-state index contributed by atoms with van der Waals surface area (Å²) in [5.74, 6) is -0.428. The number of halogens is 1. The molecule has 30 heavy (non-hydrogen) atoms. The first kappa shape index (κ1) is 20.4. The third-order valence-corrected chi connectivity index (χ3v) is 6.26. The molecule has 2 aromatic heterocycles. The van der Waals surface area contributed by atoms with Crippen molar-refractivity contribution >= 4 is 23.1 Å². The number of amides is 1. The predicted molar refractivity (Wildman–Crippen MR) is 114 cm³/mol. The van der Waals surface area contributed by atoms with Gasteiger partial charge < -0.3 is 15.3 Å². The number of carbonyl (C=O) groups excluding carboxylic acids is 1. The summed E-state index contributed by atoms with van der Waals surface area (Å²) in [6.45, 7) is 2.49. The maximum Gasteiger partial charge on any atom is 0.226 e. The highest BCUT2D eigenvalue weighted by Gasteiger charge is 2.45. The van der Waals surface area contributed by atoms with Crippen molar-refractivity contribution in [3.05, 3.63) is 76.1 Å². The van der Waals surface area contributed by atoms with Crippen LogP contribution in [0.3, 0.4) is 0 Å². The molecule has 2 atom stereocenters. The predicted octanol–water partition coefficient (Wildman–Crippen LogP) is 2.81. The summed E-state index contributed by atoms with van der Waals surface area (Å²) in [6, 6.07) is 12.3. The van der Waals surface area contributed by atoms with E-state index in [4.69, 9.17) is 0 Å². The topological polar surface area (TPSA) is 78.4 Å². The van der Waals surface area contributed by atoms with Gasteiger partial charge in [0.1, 0.15) is 0 Å². The lowest BCUT2D eigenvalue weighted by atomic mass is 9.78. The number of nitrogens with zero attached hydrogens (tertiary/aromatic N) is 3. The van der Waals surface area contributed by atoms with E-state index in [0.717, 1.165) is 10.6 Å². The van der Waals surface area contributed by atoms with Crippen LogP contribution in [0.2, 0.25) is 0 Å². The van der Waals surface area contributed by atoms with Gasteiger partial charge in [0.2, 0.25) is 5.91 Å². The number of nitrogens with one attached hydrogen (secondary N) is 1. The highest BCUT2D eigenvalue weighted by molar-refractivity contribution is 7.09. The maximum atomic E-state index is 14.2. The first-order valence-corrected chi connectivity index (χ1v) is 10.7. The molecule has 8 heteroatoms. The van der Waals surface area contributed by atoms with Crippen LogP contribution in [0, 0.1) is 12.7 Å². The Bertz CT molecular complexity index is 1030. The van der Waals surface area contributed by atoms with Crippen molar-refractivity contribution in [3.8, 4) is 0 Å². The van der Waals surface area contributed by atoms with Gasteiger partial charge >= 0.3 is 0 Å². The molecule has 0 radical (unpaired) electrons. The van der Waals surface area contributed by atoms with Crippen molar-refractivity contribution in [1.82, 2.24) is 15.3 Å². The summed E-state index contributed by atoms with van der Waals surface area (Å²) in [6.07, 6.45) is 1.14. The minimum atomic E-state index is -0.967. The number of hydrogen-bond acceptors (Lipinski definition) is 6. The van der Waals surface area contributed by atoms with E-state index in [0.29, 0.717) is 18.7 Å². The molecular formula is C22H23FN4O2S. The molecule has 0 bridgehead atoms. The molecule has 1 amide bonds. The number of piperidine rings is 1. The number of aromatic nitrogens is 2. The van der Waals surface area contributed by atoms with Crippen LogP contribution in [0.5, 0.6) is 0 Å². The van der Waals surface area contributed by atoms with Crippen LogP contribution in [0.4, 0.5) is 10.2 Å². The van der Waals surface area contributed by atoms with Gasteiger partial charge in [-0.15, -0.1) is 11.3 Å². The highest BCUT2D eigenvalue weighted by Crippen LogP contribution is 2.35. The molecule has 2 N–H and O–H groups in total. The molecule has 3 heterocycles. The molecule has 0 unspecified atom stereocenters. The van der Waals surface area contributed by atoms with E-state index in [1.165, 1.54) is 29.7 Å². The van der Waals surface area contributed by atoms with Gasteiger partial charge in [-0.05, 0) is 31.0 Å². The van der Waals surface area contributed by atoms with Gasteiger partial charge in [-0.25, -0.2) is 14.4 Å². The van der Waals surface area contributed by atoms with Crippen LogP contribution in [-0.4, -0.2) is 40.2 Å². The summed E-state index contributed by atoms with van der Waals surface area (Å²) in [7, 11) is 0. The first-order chi connectivity index (χ1) is 14.5. The highest BCUT2D eigenvalue weighted by atomic mass is 32.1. The lowest BCUT2D eigenvalue weighted by Gasteiger charge is -2.46. The molecule has 1 aliphatic rings. The van der Waals surface area contributed by atoms with Crippen molar-refractivity contribution in [2.75, 3.05) is 18.0 Å². The fourth-order valence-electron chi connectivity index (χ4n) is 3.97. The third kappa shape index (κ3) is 4.06. The van der Waals surface area contributed by atoms with Crippen LogP contribution < -0.4 is 10.2 Å². The van der Waals surface area contributed by atoms with Gasteiger partial charge in [-0.3, -0.25) is 4.79 Å². The van der Waals surface area contributed by atoms with Crippen LogP contribution in [0.25, 0.3) is 0 Å². The Labute approximate surface area is 178 Å². The molecule has 1 aromatic carbocycles. The molecule has 6 nitrogen and oxygen atoms in total. The maximum absolute atomic E-state index is 14.2. The van der Waals surface area contributed by atoms with E-state index < -0.39 is 17.5 Å². The second kappa shape index (κ2) is 8.49. The van der Waals surface area contributed by atoms with Crippen molar-refractivity contribution in [1.29, 1.82) is 0 Å². The van der Waals surface area contributed by atoms with Crippen molar-refractivity contribution in [3.63, 3.8) is 0 Å². The molecule has 1 saturated heterocycles. The minimum Gasteiger partial charge on any atom is -0.388 e. The van der Waals surface area contributed by atoms with Gasteiger partial charge in [-0.1, -0.05) is 30.3 Å². The van der Waals surface area contributed by atoms with Gasteiger partial charge in [-0.2, -0.15) is 0 Å². The van der Waals surface area contributed by atoms with E-state index in [1.54, 1.807) is 4.90 Å². The monoisotopic (exact) mass is 426 g/mol. The van der Waals surface area contributed by atoms with E-state index in [9.17, 15) is 14.3 Å². The van der Waals surface area contributed by atoms with Crippen LogP contribution in [0.15, 0.2) is 54.0 Å². The van der Waals surface area contributed by atoms with Gasteiger partial charge in [0, 0.05) is 24.7 Å². The van der Waals surface area contributed by atoms with Crippen LogP contribution in [0.1, 0.15) is 22.7 Å². The Balaban J connectivity index is 1.59. The number of aliphatic hydroxyl groups is 1. The number of β-amino-alcohol motifs (C(OH)–C–C–N with tert-alkyl or cyclic N) is 1. The first-order valence-electron chi connectivity index (χ1n) is 9.79. The fraction of sp³-hybridized carbons (Fsp3) is 0.318. The number of anilines is 1. The zero-order valence-electron chi connectivity index (χ0n) is 16.6. The zero-order valence-corrected chi connectivity index (χ0v) is 17.4. The molecule has 1 fully saturated rings. The molecule has 0 aliphatic carbocycles. The molecule has 1 aliphatic heterocycles. The zero-order chi connectivity index (χ0) is 21.1. The largest absolute Gasteiger partial charge is 0.388 e. The average Bonchev–Trinajstić information content (AvgIpc) is 3.15. The van der Waals surface area contributed by atoms with Crippen LogP contribution >= 0.6 is 11.3 Å². The SMILES string of the molecule is Cc1nc(CC(=O)N[C@]2(c3ccccc3)CCN(c3ncccc3F)C[C@H]2O)cs1. The molecule has 4 rings (SSSR count). The number of benzene rings is 1. The Morgan fingerprint density at radius 1 is 1.33 bits per heavy atom. The van der Waals surface area contributed by atoms with E-state index in [2.05, 4.69) is 15.3 Å². The quantitative estimate of drug-likeness (QED) is 0.656. The lowest BCUT2D eigenvalue weighted by Crippen LogP contribution is -2.62. The average molecular weight is 427 g/mol. The Hall–Kier alpha value is -2.84. The van der Waals surface area contributed by atoms with E-state index >= 15 is 0 Å². The second-order valence-electron chi connectivity index (χ2n) is 7.44. The smallest absolute Gasteiger partial charge is 0.226 e. The number of aryl methyl sites for hydroxylation is 1. The molecule has 156 valence electrons. The summed E-state index contributed by atoms with van der Waals surface area (Å²) in [5, 5.41) is 17.0. The van der Waals surface area contributed by atoms with E-state index in [-0.39, 0.29) is 24.7 Å². The van der Waals surface area contributed by atoms with Crippen molar-refractivity contribution in [2.45, 2.75) is 31.4 Å². The number of rotatable bonds is 5. The third-order valence-electron chi connectivity index (χ3n) is 5.44. The van der Waals surface area contributed by atoms with E-state index in [1.807, 2.05) is 42.6 Å². The second-order valence-corrected chi connectivity index (χ2v) is 8.50. The summed E-state index contributed by atoms with van der Waals surface area (Å²) >= 11 is 1.50. The molecule has 0 saturated carbocycles. The minimum absolute atomic E-state index is 0.143. The lowest BCUT2D eigenvalue weighted by molar-refractivity contribution is -0.125. The normalized spacial score (nSPS) is 21.4. The summed E-state index contributed by atoms with van der Waals surface area (Å²) < 4.78 is 14.2. The number of aliphatic hydroxyl groups excluding tert-OH is 1. The Morgan fingerprint density at radius 2 is 2.13 bits per heavy atom. The number of carbonyl (C=O) groups is 1. The Morgan fingerprint density at radius 3 is 2.80 bits per heavy atom. The van der Waals surface area contributed by atoms with Gasteiger partial charge in [0.15, 0.2) is 11.6 Å². The Kier molecular flexibility index (Phi) is 5.78. The molecule has 3 aromatic rings. The van der Waals surface area contributed by atoms with Crippen LogP contribution in [-0.2, 0) is 16.8 Å². The number of hydrogen-bond donors (Lipinski definition) is 2.